The molecule has 8 rings (SSSR count). The van der Waals surface area contributed by atoms with Gasteiger partial charge in [-0.05, 0) is 174 Å². The molecule has 0 radical (unpaired) electrons. The van der Waals surface area contributed by atoms with Crippen molar-refractivity contribution >= 4 is 83.9 Å². The van der Waals surface area contributed by atoms with Gasteiger partial charge in [-0.2, -0.15) is 0 Å². The number of amides is 1. The summed E-state index contributed by atoms with van der Waals surface area (Å²) >= 11 is 20.1. The summed E-state index contributed by atoms with van der Waals surface area (Å²) in [6.07, 6.45) is 0. The molecule has 0 unspecified atom stereocenters. The van der Waals surface area contributed by atoms with Gasteiger partial charge in [-0.25, -0.2) is 9.78 Å². The predicted molar refractivity (Wildman–Crippen MR) is 290 cm³/mol. The first kappa shape index (κ1) is 57.1. The highest BCUT2D eigenvalue weighted by Crippen LogP contribution is 2.61. The summed E-state index contributed by atoms with van der Waals surface area (Å²) in [7, 11) is 6.45. The summed E-state index contributed by atoms with van der Waals surface area (Å²) in [5.74, 6) is 2.21. The molecule has 0 fully saturated rings. The van der Waals surface area contributed by atoms with Crippen molar-refractivity contribution in [2.24, 2.45) is 0 Å². The Morgan fingerprint density at radius 3 is 1.48 bits per heavy atom. The second-order valence-corrected chi connectivity index (χ2v) is 22.1. The highest BCUT2D eigenvalue weighted by atomic mass is 36.0. The van der Waals surface area contributed by atoms with Crippen molar-refractivity contribution in [1.29, 1.82) is 0 Å². The first-order valence-corrected chi connectivity index (χ1v) is 26.6. The maximum absolute atomic E-state index is 12.1. The zero-order valence-electron chi connectivity index (χ0n) is 40.3. The normalized spacial score (nSPS) is 10.4. The lowest BCUT2D eigenvalue weighted by molar-refractivity contribution is 0.0695. The standard InChI is InChI=1S/C16H12ClNO.C16H13NO2.C13H19NO2.C9H10O3.Cl3OP/c1-19-13-7-8-14-12(9-13)10-15(18-16(14)17)11-5-3-2-4-6-11;1-19-13-7-8-14-12(9-13)10-15(17-16(14)18)11-5-3-2-4-6-11;1-5-14(6-2)13(15)12-8-7-11(16-4)9-10(12)3;1-6-5-7(12-2)3-4-8(6)9(10)11;1-5(2,3)4/h2-10H,1H3;2-10H,1H3,(H,17,18);7-9H,5-6H2,1-4H3;3-5H,1-2H3,(H,10,11);. The van der Waals surface area contributed by atoms with E-state index < -0.39 is 11.2 Å². The van der Waals surface area contributed by atoms with Crippen molar-refractivity contribution in [1.82, 2.24) is 14.9 Å². The Hall–Kier alpha value is -6.53. The van der Waals surface area contributed by atoms with Gasteiger partial charge in [-0.1, -0.05) is 72.3 Å². The molecule has 0 saturated heterocycles. The molecule has 0 saturated carbocycles. The summed E-state index contributed by atoms with van der Waals surface area (Å²) in [6, 6.07) is 45.4. The number of H-pyrrole nitrogens is 1. The van der Waals surface area contributed by atoms with Crippen LogP contribution in [0.25, 0.3) is 44.1 Å². The lowest BCUT2D eigenvalue weighted by atomic mass is 10.1. The molecule has 2 N–H and O–H groups in total. The number of rotatable bonds is 10. The highest BCUT2D eigenvalue weighted by Gasteiger charge is 2.15. The van der Waals surface area contributed by atoms with E-state index in [1.165, 1.54) is 6.07 Å². The maximum Gasteiger partial charge on any atom is 0.339 e. The molecule has 2 heterocycles. The average molecular weight is 1060 g/mol. The number of fused-ring (bicyclic) bond motifs is 2. The van der Waals surface area contributed by atoms with E-state index in [4.69, 9.17) is 35.7 Å². The third-order valence-electron chi connectivity index (χ3n) is 10.6. The first-order chi connectivity index (χ1) is 33.8. The lowest BCUT2D eigenvalue weighted by Gasteiger charge is -2.19. The zero-order chi connectivity index (χ0) is 52.3. The fourth-order valence-electron chi connectivity index (χ4n) is 6.91. The number of ether oxygens (including phenoxy) is 4. The number of pyridine rings is 2. The van der Waals surface area contributed by atoms with Gasteiger partial charge in [0.25, 0.3) is 11.5 Å². The molecule has 2 aromatic heterocycles. The number of carbonyl (C=O) groups is 2. The molecule has 0 aliphatic heterocycles. The van der Waals surface area contributed by atoms with Gasteiger partial charge in [0.15, 0.2) is 0 Å². The second-order valence-electron chi connectivity index (χ2n) is 15.1. The van der Waals surface area contributed by atoms with Crippen molar-refractivity contribution in [2.75, 3.05) is 41.5 Å². The summed E-state index contributed by atoms with van der Waals surface area (Å²) < 4.78 is 30.0. The van der Waals surface area contributed by atoms with E-state index in [0.717, 1.165) is 80.1 Å². The maximum atomic E-state index is 12.1. The average Bonchev–Trinajstić information content (AvgIpc) is 3.36. The van der Waals surface area contributed by atoms with Gasteiger partial charge in [-0.3, -0.25) is 14.2 Å². The minimum atomic E-state index is -3.22. The van der Waals surface area contributed by atoms with E-state index >= 15 is 0 Å². The third-order valence-corrected chi connectivity index (χ3v) is 10.9. The number of nitrogens with zero attached hydrogens (tertiary/aromatic N) is 2. The first-order valence-electron chi connectivity index (χ1n) is 21.8. The number of carbonyl (C=O) groups excluding carboxylic acids is 1. The van der Waals surface area contributed by atoms with Gasteiger partial charge < -0.3 is 33.9 Å². The number of aromatic nitrogens is 2. The van der Waals surface area contributed by atoms with Crippen LogP contribution in [0.4, 0.5) is 0 Å². The van der Waals surface area contributed by atoms with E-state index in [9.17, 15) is 18.9 Å². The van der Waals surface area contributed by atoms with Gasteiger partial charge >= 0.3 is 11.2 Å². The minimum absolute atomic E-state index is 0.0843. The van der Waals surface area contributed by atoms with Crippen LogP contribution in [0.1, 0.15) is 45.7 Å². The number of carboxylic acid groups (broad SMARTS) is 1. The molecule has 0 aliphatic carbocycles. The lowest BCUT2D eigenvalue weighted by Crippen LogP contribution is -2.30. The van der Waals surface area contributed by atoms with Crippen LogP contribution in [0.2, 0.25) is 5.15 Å². The number of benzene rings is 6. The SMILES string of the molecule is CCN(CC)C(=O)c1ccc(OC)cc1C.COc1ccc(C(=O)O)c(C)c1.COc1ccc2c(=O)[nH]c(-c3ccccc3)cc2c1.COc1ccc2c(Cl)nc(-c3ccccc3)cc2c1.O=P(Cl)(Cl)Cl. The largest absolute Gasteiger partial charge is 0.497 e. The van der Waals surface area contributed by atoms with Crippen LogP contribution in [0, 0.1) is 13.8 Å². The second kappa shape index (κ2) is 27.8. The Morgan fingerprint density at radius 1 is 0.606 bits per heavy atom. The number of aromatic amines is 1. The summed E-state index contributed by atoms with van der Waals surface area (Å²) in [5.41, 5.74) is 6.37. The van der Waals surface area contributed by atoms with Gasteiger partial charge in [-0.15, -0.1) is 0 Å². The van der Waals surface area contributed by atoms with Gasteiger partial charge in [0, 0.05) is 40.7 Å². The molecule has 6 aromatic carbocycles. The van der Waals surface area contributed by atoms with Crippen molar-refractivity contribution < 1.29 is 38.2 Å². The number of hydrogen-bond acceptors (Lipinski definition) is 9. The number of aromatic carboxylic acids is 1. The summed E-state index contributed by atoms with van der Waals surface area (Å²) in [4.78, 5) is 43.9. The Bertz CT molecular complexity index is 3140. The molecular formula is C54H54Cl4N3O9P. The summed E-state index contributed by atoms with van der Waals surface area (Å²) in [6.45, 7) is 9.12. The fraction of sp³-hybridized carbons (Fsp3) is 0.185. The van der Waals surface area contributed by atoms with Crippen molar-refractivity contribution in [3.8, 4) is 45.5 Å². The molecule has 1 amide bonds. The van der Waals surface area contributed by atoms with Crippen LogP contribution in [0.5, 0.6) is 23.0 Å². The monoisotopic (exact) mass is 1060 g/mol. The van der Waals surface area contributed by atoms with E-state index in [1.54, 1.807) is 59.6 Å². The van der Waals surface area contributed by atoms with E-state index in [1.807, 2.05) is 141 Å². The molecule has 8 aromatic rings. The van der Waals surface area contributed by atoms with Gasteiger partial charge in [0.1, 0.15) is 28.2 Å². The van der Waals surface area contributed by atoms with Gasteiger partial charge in [0.2, 0.25) is 0 Å². The van der Waals surface area contributed by atoms with Crippen LogP contribution >= 0.6 is 50.5 Å². The molecule has 0 bridgehead atoms. The van der Waals surface area contributed by atoms with Crippen LogP contribution in [0.15, 0.2) is 150 Å². The number of halogens is 4. The summed E-state index contributed by atoms with van der Waals surface area (Å²) in [5, 5.41) is 9.48. The number of carboxylic acids is 1. The number of methoxy groups -OCH3 is 4. The van der Waals surface area contributed by atoms with Gasteiger partial charge in [0.05, 0.1) is 39.7 Å². The van der Waals surface area contributed by atoms with Crippen LogP contribution in [-0.4, -0.2) is 73.4 Å². The molecule has 17 heteroatoms. The number of nitrogens with one attached hydrogen (secondary N) is 1. The van der Waals surface area contributed by atoms with E-state index in [-0.39, 0.29) is 11.5 Å². The Morgan fingerprint density at radius 2 is 1.03 bits per heavy atom. The van der Waals surface area contributed by atoms with E-state index in [0.29, 0.717) is 27.4 Å². The molecule has 372 valence electrons. The highest BCUT2D eigenvalue weighted by molar-refractivity contribution is 8.24. The third kappa shape index (κ3) is 17.4. The van der Waals surface area contributed by atoms with Crippen LogP contribution < -0.4 is 24.5 Å². The smallest absolute Gasteiger partial charge is 0.339 e. The van der Waals surface area contributed by atoms with Crippen molar-refractivity contribution in [3.63, 3.8) is 0 Å². The molecular weight excluding hydrogens is 1010 g/mol. The minimum Gasteiger partial charge on any atom is -0.497 e. The number of hydrogen-bond donors (Lipinski definition) is 2. The fourth-order valence-corrected chi connectivity index (χ4v) is 7.18. The predicted octanol–water partition coefficient (Wildman–Crippen LogP) is 14.8. The molecule has 0 atom stereocenters. The Balaban J connectivity index is 0.000000202. The van der Waals surface area contributed by atoms with Crippen LogP contribution in [0.3, 0.4) is 0 Å². The quantitative estimate of drug-likeness (QED) is 0.0998. The molecule has 0 spiro atoms. The van der Waals surface area contributed by atoms with Crippen molar-refractivity contribution in [3.05, 3.63) is 183 Å². The topological polar surface area (TPSA) is 157 Å². The Labute approximate surface area is 432 Å². The number of aryl methyl sites for hydroxylation is 2. The molecule has 12 nitrogen and oxygen atoms in total. The van der Waals surface area contributed by atoms with Crippen molar-refractivity contribution in [2.45, 2.75) is 27.7 Å². The molecule has 0 aliphatic rings. The molecule has 71 heavy (non-hydrogen) atoms. The Kier molecular flexibility index (Phi) is 22.3. The van der Waals surface area contributed by atoms with Crippen LogP contribution in [-0.2, 0) is 4.57 Å². The zero-order valence-corrected chi connectivity index (χ0v) is 44.3. The van der Waals surface area contributed by atoms with E-state index in [2.05, 4.69) is 43.7 Å².